The zero-order chi connectivity index (χ0) is 22.9. The van der Waals surface area contributed by atoms with Gasteiger partial charge in [0.05, 0.1) is 13.2 Å². The van der Waals surface area contributed by atoms with Gasteiger partial charge >= 0.3 is 0 Å². The number of rotatable bonds is 9. The molecule has 6 heteroatoms. The summed E-state index contributed by atoms with van der Waals surface area (Å²) in [6.45, 7) is 9.06. The predicted molar refractivity (Wildman–Crippen MR) is 129 cm³/mol. The van der Waals surface area contributed by atoms with Crippen molar-refractivity contribution in [2.75, 3.05) is 36.9 Å². The summed E-state index contributed by atoms with van der Waals surface area (Å²) in [4.78, 5) is 26.8. The van der Waals surface area contributed by atoms with Gasteiger partial charge in [0.25, 0.3) is 5.91 Å². The Hall–Kier alpha value is -3.02. The minimum atomic E-state index is -0.147. The SMILES string of the molecule is CC(C)CCOc1ccc(NCC(=O)Nc2ccc(C(=O)N3CCC(C)CC3)cc2)cc1. The molecule has 1 aliphatic rings. The molecule has 0 aromatic heterocycles. The maximum absolute atomic E-state index is 12.6. The fourth-order valence-electron chi connectivity index (χ4n) is 3.56. The molecule has 0 aliphatic carbocycles. The molecule has 0 unspecified atom stereocenters. The number of carbonyl (C=O) groups excluding carboxylic acids is 2. The van der Waals surface area contributed by atoms with Gasteiger partial charge in [0.2, 0.25) is 5.91 Å². The molecule has 1 saturated heterocycles. The first-order valence-corrected chi connectivity index (χ1v) is 11.6. The van der Waals surface area contributed by atoms with Crippen LogP contribution in [0.2, 0.25) is 0 Å². The Morgan fingerprint density at radius 1 is 1.00 bits per heavy atom. The van der Waals surface area contributed by atoms with Crippen LogP contribution in [-0.2, 0) is 4.79 Å². The molecule has 2 aromatic rings. The molecule has 1 fully saturated rings. The highest BCUT2D eigenvalue weighted by atomic mass is 16.5. The van der Waals surface area contributed by atoms with E-state index >= 15 is 0 Å². The number of benzene rings is 2. The van der Waals surface area contributed by atoms with Crippen molar-refractivity contribution in [3.05, 3.63) is 54.1 Å². The third-order valence-electron chi connectivity index (χ3n) is 5.76. The Morgan fingerprint density at radius 3 is 2.25 bits per heavy atom. The average molecular weight is 438 g/mol. The molecule has 0 radical (unpaired) electrons. The van der Waals surface area contributed by atoms with E-state index in [0.29, 0.717) is 29.7 Å². The van der Waals surface area contributed by atoms with Crippen LogP contribution >= 0.6 is 0 Å². The van der Waals surface area contributed by atoms with Crippen LogP contribution in [0.1, 0.15) is 50.4 Å². The van der Waals surface area contributed by atoms with Gasteiger partial charge in [-0.05, 0) is 79.6 Å². The number of carbonyl (C=O) groups is 2. The molecule has 32 heavy (non-hydrogen) atoms. The van der Waals surface area contributed by atoms with Crippen LogP contribution in [0, 0.1) is 11.8 Å². The smallest absolute Gasteiger partial charge is 0.253 e. The summed E-state index contributed by atoms with van der Waals surface area (Å²) in [5.74, 6) is 2.05. The lowest BCUT2D eigenvalue weighted by atomic mass is 9.98. The summed E-state index contributed by atoms with van der Waals surface area (Å²) in [7, 11) is 0. The maximum atomic E-state index is 12.6. The molecule has 1 aliphatic heterocycles. The average Bonchev–Trinajstić information content (AvgIpc) is 2.79. The summed E-state index contributed by atoms with van der Waals surface area (Å²) in [5, 5.41) is 5.98. The first-order valence-electron chi connectivity index (χ1n) is 11.6. The van der Waals surface area contributed by atoms with Crippen LogP contribution in [0.3, 0.4) is 0 Å². The second-order valence-electron chi connectivity index (χ2n) is 9.01. The van der Waals surface area contributed by atoms with Crippen molar-refractivity contribution < 1.29 is 14.3 Å². The van der Waals surface area contributed by atoms with E-state index in [2.05, 4.69) is 31.4 Å². The first-order chi connectivity index (χ1) is 15.4. The van der Waals surface area contributed by atoms with Crippen molar-refractivity contribution in [1.29, 1.82) is 0 Å². The number of piperidine rings is 1. The molecule has 0 bridgehead atoms. The van der Waals surface area contributed by atoms with Gasteiger partial charge in [-0.1, -0.05) is 20.8 Å². The molecule has 1 heterocycles. The number of anilines is 2. The monoisotopic (exact) mass is 437 g/mol. The third kappa shape index (κ3) is 7.29. The molecule has 172 valence electrons. The van der Waals surface area contributed by atoms with Crippen molar-refractivity contribution >= 4 is 23.2 Å². The van der Waals surface area contributed by atoms with E-state index in [4.69, 9.17) is 4.74 Å². The molecule has 2 aromatic carbocycles. The molecular formula is C26H35N3O3. The van der Waals surface area contributed by atoms with Gasteiger partial charge in [-0.15, -0.1) is 0 Å². The molecule has 3 rings (SSSR count). The lowest BCUT2D eigenvalue weighted by Gasteiger charge is -2.30. The maximum Gasteiger partial charge on any atom is 0.253 e. The highest BCUT2D eigenvalue weighted by Crippen LogP contribution is 2.19. The molecular weight excluding hydrogens is 402 g/mol. The fourth-order valence-corrected chi connectivity index (χ4v) is 3.56. The molecule has 0 atom stereocenters. The minimum absolute atomic E-state index is 0.0630. The quantitative estimate of drug-likeness (QED) is 0.577. The summed E-state index contributed by atoms with van der Waals surface area (Å²) in [6.07, 6.45) is 3.13. The summed E-state index contributed by atoms with van der Waals surface area (Å²) >= 11 is 0. The van der Waals surface area contributed by atoms with Gasteiger partial charge in [0, 0.05) is 30.0 Å². The Balaban J connectivity index is 1.42. The third-order valence-corrected chi connectivity index (χ3v) is 5.76. The van der Waals surface area contributed by atoms with Gasteiger partial charge in [0.15, 0.2) is 0 Å². The normalized spacial score (nSPS) is 14.3. The first kappa shape index (κ1) is 23.6. The number of nitrogens with one attached hydrogen (secondary N) is 2. The Kier molecular flexibility index (Phi) is 8.54. The van der Waals surface area contributed by atoms with Gasteiger partial charge < -0.3 is 20.3 Å². The Bertz CT molecular complexity index is 870. The van der Waals surface area contributed by atoms with Crippen LogP contribution in [-0.4, -0.2) is 43.0 Å². The lowest BCUT2D eigenvalue weighted by Crippen LogP contribution is -2.37. The number of nitrogens with zero attached hydrogens (tertiary/aromatic N) is 1. The van der Waals surface area contributed by atoms with Crippen molar-refractivity contribution in [2.24, 2.45) is 11.8 Å². The Labute approximate surface area is 191 Å². The highest BCUT2D eigenvalue weighted by molar-refractivity contribution is 5.96. The van der Waals surface area contributed by atoms with Crippen molar-refractivity contribution in [1.82, 2.24) is 4.90 Å². The molecule has 6 nitrogen and oxygen atoms in total. The lowest BCUT2D eigenvalue weighted by molar-refractivity contribution is -0.114. The van der Waals surface area contributed by atoms with E-state index < -0.39 is 0 Å². The zero-order valence-electron chi connectivity index (χ0n) is 19.4. The van der Waals surface area contributed by atoms with Crippen LogP contribution in [0.4, 0.5) is 11.4 Å². The zero-order valence-corrected chi connectivity index (χ0v) is 19.4. The van der Waals surface area contributed by atoms with Crippen LogP contribution < -0.4 is 15.4 Å². The topological polar surface area (TPSA) is 70.7 Å². The molecule has 2 amide bonds. The van der Waals surface area contributed by atoms with E-state index in [9.17, 15) is 9.59 Å². The van der Waals surface area contributed by atoms with E-state index in [0.717, 1.165) is 43.8 Å². The standard InChI is InChI=1S/C26H35N3O3/c1-19(2)14-17-32-24-10-8-22(9-11-24)27-18-25(30)28-23-6-4-21(5-7-23)26(31)29-15-12-20(3)13-16-29/h4-11,19-20,27H,12-18H2,1-3H3,(H,28,30). The van der Waals surface area contributed by atoms with Gasteiger partial charge in [0.1, 0.15) is 5.75 Å². The van der Waals surface area contributed by atoms with Gasteiger partial charge in [-0.3, -0.25) is 9.59 Å². The number of amides is 2. The van der Waals surface area contributed by atoms with Gasteiger partial charge in [-0.25, -0.2) is 0 Å². The Morgan fingerprint density at radius 2 is 1.62 bits per heavy atom. The largest absolute Gasteiger partial charge is 0.494 e. The fraction of sp³-hybridized carbons (Fsp3) is 0.462. The second-order valence-corrected chi connectivity index (χ2v) is 9.01. The number of hydrogen-bond donors (Lipinski definition) is 2. The van der Waals surface area contributed by atoms with Crippen molar-refractivity contribution in [3.8, 4) is 5.75 Å². The summed E-state index contributed by atoms with van der Waals surface area (Å²) in [5.41, 5.74) is 2.19. The number of likely N-dealkylation sites (tertiary alicyclic amines) is 1. The highest BCUT2D eigenvalue weighted by Gasteiger charge is 2.21. The van der Waals surface area contributed by atoms with E-state index in [1.54, 1.807) is 24.3 Å². The minimum Gasteiger partial charge on any atom is -0.494 e. The molecule has 0 saturated carbocycles. The van der Waals surface area contributed by atoms with E-state index in [1.165, 1.54) is 0 Å². The van der Waals surface area contributed by atoms with Crippen molar-refractivity contribution in [3.63, 3.8) is 0 Å². The molecule has 0 spiro atoms. The second kappa shape index (κ2) is 11.6. The predicted octanol–water partition coefficient (Wildman–Crippen LogP) is 5.03. The van der Waals surface area contributed by atoms with E-state index in [-0.39, 0.29) is 18.4 Å². The van der Waals surface area contributed by atoms with Crippen LogP contribution in [0.25, 0.3) is 0 Å². The summed E-state index contributed by atoms with van der Waals surface area (Å²) < 4.78 is 5.71. The number of hydrogen-bond acceptors (Lipinski definition) is 4. The summed E-state index contributed by atoms with van der Waals surface area (Å²) in [6, 6.07) is 14.7. The van der Waals surface area contributed by atoms with Crippen LogP contribution in [0.15, 0.2) is 48.5 Å². The van der Waals surface area contributed by atoms with Crippen molar-refractivity contribution in [2.45, 2.75) is 40.0 Å². The van der Waals surface area contributed by atoms with Crippen LogP contribution in [0.5, 0.6) is 5.75 Å². The molecule has 2 N–H and O–H groups in total. The van der Waals surface area contributed by atoms with E-state index in [1.807, 2.05) is 29.2 Å². The number of ether oxygens (including phenoxy) is 1. The van der Waals surface area contributed by atoms with Gasteiger partial charge in [-0.2, -0.15) is 0 Å².